The van der Waals surface area contributed by atoms with Gasteiger partial charge >= 0.3 is 0 Å². The number of carbonyl (C=O) groups is 2. The number of rotatable bonds is 8. The molecule has 2 aromatic heterocycles. The van der Waals surface area contributed by atoms with E-state index in [9.17, 15) is 14.0 Å². The monoisotopic (exact) mass is 433 g/mol. The summed E-state index contributed by atoms with van der Waals surface area (Å²) in [7, 11) is 0. The smallest absolute Gasteiger partial charge is 0.291 e. The second kappa shape index (κ2) is 9.30. The highest BCUT2D eigenvalue weighted by molar-refractivity contribution is 6.02. The van der Waals surface area contributed by atoms with Crippen molar-refractivity contribution in [2.45, 2.75) is 20.1 Å². The molecule has 8 heteroatoms. The molecule has 0 radical (unpaired) electrons. The van der Waals surface area contributed by atoms with Crippen LogP contribution < -0.4 is 10.1 Å². The first kappa shape index (κ1) is 21.0. The summed E-state index contributed by atoms with van der Waals surface area (Å²) in [5.41, 5.74) is 1.57. The number of nitrogens with zero attached hydrogens (tertiary/aromatic N) is 2. The summed E-state index contributed by atoms with van der Waals surface area (Å²) in [6.07, 6.45) is 3.10. The van der Waals surface area contributed by atoms with Crippen LogP contribution in [-0.2, 0) is 13.2 Å². The van der Waals surface area contributed by atoms with Crippen LogP contribution in [0.15, 0.2) is 77.5 Å². The Bertz CT molecular complexity index is 1240. The van der Waals surface area contributed by atoms with E-state index in [0.29, 0.717) is 28.3 Å². The molecular weight excluding hydrogens is 413 g/mol. The van der Waals surface area contributed by atoms with Crippen LogP contribution in [0.1, 0.15) is 39.2 Å². The summed E-state index contributed by atoms with van der Waals surface area (Å²) < 4.78 is 26.5. The van der Waals surface area contributed by atoms with Crippen molar-refractivity contribution in [1.82, 2.24) is 9.78 Å². The number of hydrogen-bond donors (Lipinski definition) is 1. The summed E-state index contributed by atoms with van der Waals surface area (Å²) in [6, 6.07) is 16.4. The molecule has 0 fully saturated rings. The number of halogens is 1. The molecule has 1 N–H and O–H groups in total. The summed E-state index contributed by atoms with van der Waals surface area (Å²) in [4.78, 5) is 23.8. The van der Waals surface area contributed by atoms with Crippen LogP contribution in [0.4, 0.5) is 10.1 Å². The van der Waals surface area contributed by atoms with Gasteiger partial charge in [0.2, 0.25) is 0 Å². The minimum absolute atomic E-state index is 0.0176. The van der Waals surface area contributed by atoms with Gasteiger partial charge < -0.3 is 14.5 Å². The number of carbonyl (C=O) groups excluding carboxylic acids is 2. The first-order valence-corrected chi connectivity index (χ1v) is 9.87. The number of ether oxygens (including phenoxy) is 1. The molecule has 0 atom stereocenters. The third-order valence-corrected chi connectivity index (χ3v) is 4.71. The molecule has 0 aliphatic rings. The Kier molecular flexibility index (Phi) is 6.12. The Hall–Kier alpha value is -4.20. The molecule has 0 saturated heterocycles. The van der Waals surface area contributed by atoms with Gasteiger partial charge in [0, 0.05) is 17.3 Å². The number of anilines is 1. The van der Waals surface area contributed by atoms with Crippen LogP contribution in [0.2, 0.25) is 0 Å². The lowest BCUT2D eigenvalue weighted by Crippen LogP contribution is -2.10. The first-order valence-electron chi connectivity index (χ1n) is 9.87. The number of hydrogen-bond acceptors (Lipinski definition) is 5. The minimum atomic E-state index is -0.437. The molecular formula is C24H20FN3O4. The zero-order chi connectivity index (χ0) is 22.5. The lowest BCUT2D eigenvalue weighted by molar-refractivity contribution is 0.0990. The number of benzene rings is 2. The Morgan fingerprint density at radius 3 is 2.62 bits per heavy atom. The molecule has 1 amide bonds. The van der Waals surface area contributed by atoms with Gasteiger partial charge in [0.15, 0.2) is 11.5 Å². The molecule has 0 spiro atoms. The molecule has 7 nitrogen and oxygen atoms in total. The number of Topliss-reactive ketones (excluding diaryl/α,β-unsaturated/α-hetero) is 1. The third kappa shape index (κ3) is 5.10. The van der Waals surface area contributed by atoms with Crippen LogP contribution in [-0.4, -0.2) is 21.5 Å². The van der Waals surface area contributed by atoms with E-state index in [1.165, 1.54) is 23.9 Å². The molecule has 4 rings (SSSR count). The fourth-order valence-corrected chi connectivity index (χ4v) is 3.03. The van der Waals surface area contributed by atoms with Crippen LogP contribution in [0, 0.1) is 5.82 Å². The average Bonchev–Trinajstić information content (AvgIpc) is 3.44. The number of amides is 1. The van der Waals surface area contributed by atoms with Gasteiger partial charge in [-0.1, -0.05) is 18.2 Å². The highest BCUT2D eigenvalue weighted by Crippen LogP contribution is 2.17. The van der Waals surface area contributed by atoms with Gasteiger partial charge in [0.1, 0.15) is 23.9 Å². The molecule has 0 aliphatic carbocycles. The SMILES string of the molecule is CC(=O)c1ccc(OCc2ccc(C(=O)Nc3cnn(Cc4ccccc4F)c3)o2)cc1. The Balaban J connectivity index is 1.32. The topological polar surface area (TPSA) is 86.4 Å². The van der Waals surface area contributed by atoms with Gasteiger partial charge in [-0.3, -0.25) is 14.3 Å². The zero-order valence-electron chi connectivity index (χ0n) is 17.2. The van der Waals surface area contributed by atoms with Crippen molar-refractivity contribution >= 4 is 17.4 Å². The minimum Gasteiger partial charge on any atom is -0.486 e. The molecule has 32 heavy (non-hydrogen) atoms. The number of furan rings is 1. The van der Waals surface area contributed by atoms with E-state index < -0.39 is 5.91 Å². The highest BCUT2D eigenvalue weighted by Gasteiger charge is 2.13. The largest absolute Gasteiger partial charge is 0.486 e. The standard InChI is InChI=1S/C24H20FN3O4/c1-16(29)17-6-8-20(9-7-17)31-15-21-10-11-23(32-21)24(30)27-19-12-26-28(14-19)13-18-4-2-3-5-22(18)25/h2-12,14H,13,15H2,1H3,(H,27,30). The van der Waals surface area contributed by atoms with Gasteiger partial charge in [0.25, 0.3) is 5.91 Å². The second-order valence-corrected chi connectivity index (χ2v) is 7.11. The molecule has 162 valence electrons. The van der Waals surface area contributed by atoms with Crippen molar-refractivity contribution < 1.29 is 23.1 Å². The van der Waals surface area contributed by atoms with Crippen LogP contribution in [0.5, 0.6) is 5.75 Å². The molecule has 2 heterocycles. The van der Waals surface area contributed by atoms with Gasteiger partial charge in [-0.25, -0.2) is 4.39 Å². The predicted molar refractivity (Wildman–Crippen MR) is 115 cm³/mol. The number of ketones is 1. The maximum Gasteiger partial charge on any atom is 0.291 e. The summed E-state index contributed by atoms with van der Waals surface area (Å²) >= 11 is 0. The maximum atomic E-state index is 13.8. The Morgan fingerprint density at radius 1 is 1.09 bits per heavy atom. The van der Waals surface area contributed by atoms with Gasteiger partial charge in [0.05, 0.1) is 18.4 Å². The van der Waals surface area contributed by atoms with Gasteiger partial charge in [-0.05, 0) is 49.4 Å². The van der Waals surface area contributed by atoms with Gasteiger partial charge in [-0.2, -0.15) is 5.10 Å². The highest BCUT2D eigenvalue weighted by atomic mass is 19.1. The zero-order valence-corrected chi connectivity index (χ0v) is 17.2. The number of aromatic nitrogens is 2. The van der Waals surface area contributed by atoms with Crippen molar-refractivity contribution in [3.05, 3.63) is 102 Å². The van der Waals surface area contributed by atoms with E-state index in [2.05, 4.69) is 10.4 Å². The fraction of sp³-hybridized carbons (Fsp3) is 0.125. The Labute approximate surface area is 183 Å². The first-order chi connectivity index (χ1) is 15.5. The fourth-order valence-electron chi connectivity index (χ4n) is 3.03. The molecule has 0 aliphatic heterocycles. The van der Waals surface area contributed by atoms with E-state index in [-0.39, 0.29) is 30.5 Å². The van der Waals surface area contributed by atoms with E-state index in [4.69, 9.17) is 9.15 Å². The van der Waals surface area contributed by atoms with Crippen molar-refractivity contribution in [1.29, 1.82) is 0 Å². The third-order valence-electron chi connectivity index (χ3n) is 4.71. The van der Waals surface area contributed by atoms with E-state index >= 15 is 0 Å². The number of nitrogens with one attached hydrogen (secondary N) is 1. The van der Waals surface area contributed by atoms with Crippen molar-refractivity contribution in [2.24, 2.45) is 0 Å². The van der Waals surface area contributed by atoms with Crippen molar-refractivity contribution in [2.75, 3.05) is 5.32 Å². The average molecular weight is 433 g/mol. The lowest BCUT2D eigenvalue weighted by atomic mass is 10.1. The van der Waals surface area contributed by atoms with E-state index in [1.54, 1.807) is 60.8 Å². The van der Waals surface area contributed by atoms with Crippen molar-refractivity contribution in [3.8, 4) is 5.75 Å². The van der Waals surface area contributed by atoms with Gasteiger partial charge in [-0.15, -0.1) is 0 Å². The van der Waals surface area contributed by atoms with E-state index in [0.717, 1.165) is 0 Å². The molecule has 2 aromatic carbocycles. The molecule has 0 bridgehead atoms. The van der Waals surface area contributed by atoms with E-state index in [1.807, 2.05) is 0 Å². The summed E-state index contributed by atoms with van der Waals surface area (Å²) in [6.45, 7) is 1.88. The molecule has 0 unspecified atom stereocenters. The van der Waals surface area contributed by atoms with Crippen molar-refractivity contribution in [3.63, 3.8) is 0 Å². The Morgan fingerprint density at radius 2 is 1.88 bits per heavy atom. The van der Waals surface area contributed by atoms with Crippen LogP contribution >= 0.6 is 0 Å². The quantitative estimate of drug-likeness (QED) is 0.407. The van der Waals surface area contributed by atoms with Crippen LogP contribution in [0.25, 0.3) is 0 Å². The molecule has 0 saturated carbocycles. The molecule has 4 aromatic rings. The summed E-state index contributed by atoms with van der Waals surface area (Å²) in [5, 5.41) is 6.85. The summed E-state index contributed by atoms with van der Waals surface area (Å²) in [5.74, 6) is 0.412. The second-order valence-electron chi connectivity index (χ2n) is 7.11. The van der Waals surface area contributed by atoms with Crippen LogP contribution in [0.3, 0.4) is 0 Å². The maximum absolute atomic E-state index is 13.8. The predicted octanol–water partition coefficient (Wildman–Crippen LogP) is 4.70. The lowest BCUT2D eigenvalue weighted by Gasteiger charge is -2.05. The normalized spacial score (nSPS) is 10.7.